The van der Waals surface area contributed by atoms with Crippen LogP contribution >= 0.6 is 0 Å². The average Bonchev–Trinajstić information content (AvgIpc) is 3.85. The van der Waals surface area contributed by atoms with Gasteiger partial charge in [0.05, 0.1) is 22.2 Å². The lowest BCUT2D eigenvalue weighted by Crippen LogP contribution is -2.76. The number of benzene rings is 5. The third-order valence-corrected chi connectivity index (χ3v) is 12.4. The first kappa shape index (κ1) is 24.3. The maximum absolute atomic E-state index is 13.8. The maximum atomic E-state index is 13.8. The zero-order chi connectivity index (χ0) is 30.8. The minimum atomic E-state index is -3.64. The molecule has 1 atom stereocenters. The van der Waals surface area contributed by atoms with Crippen molar-refractivity contribution in [1.29, 1.82) is 0 Å². The topological polar surface area (TPSA) is 61.0 Å². The Balaban J connectivity index is 1.22. The molecule has 0 bridgehead atoms. The maximum Gasteiger partial charge on any atom is 0.397 e. The highest BCUT2D eigenvalue weighted by molar-refractivity contribution is 7.92. The fourth-order valence-electron chi connectivity index (χ4n) is 8.85. The molecule has 1 spiro atoms. The number of sulfone groups is 1. The van der Waals surface area contributed by atoms with E-state index in [4.69, 9.17) is 4.74 Å². The molecule has 0 fully saturated rings. The molecule has 0 amide bonds. The van der Waals surface area contributed by atoms with E-state index in [-0.39, 0.29) is 0 Å². The molecule has 4 aliphatic heterocycles. The number of fused-ring (bicyclic) bond motifs is 10. The Morgan fingerprint density at radius 2 is 1.45 bits per heavy atom. The summed E-state index contributed by atoms with van der Waals surface area (Å²) in [6.45, 7) is 0. The smallest absolute Gasteiger partial charge is 0.397 e. The van der Waals surface area contributed by atoms with Gasteiger partial charge in [-0.2, -0.15) is 9.13 Å². The van der Waals surface area contributed by atoms with Crippen LogP contribution in [0.4, 0.5) is 0 Å². The van der Waals surface area contributed by atoms with Gasteiger partial charge in [-0.3, -0.25) is 0 Å². The molecule has 0 saturated heterocycles. The van der Waals surface area contributed by atoms with Gasteiger partial charge in [-0.25, -0.2) is 8.42 Å². The third-order valence-electron chi connectivity index (χ3n) is 10.6. The van der Waals surface area contributed by atoms with E-state index in [1.807, 2.05) is 36.4 Å². The molecule has 12 rings (SSSR count). The Labute approximate surface area is 268 Å². The minimum Gasteiger partial charge on any atom is -0.456 e. The molecule has 0 aliphatic carbocycles. The summed E-state index contributed by atoms with van der Waals surface area (Å²) in [5.41, 5.74) is 7.81. The summed E-state index contributed by atoms with van der Waals surface area (Å²) in [6, 6.07) is 38.5. The summed E-state index contributed by atoms with van der Waals surface area (Å²) in [4.78, 5) is 0.711. The molecule has 47 heavy (non-hydrogen) atoms. The summed E-state index contributed by atoms with van der Waals surface area (Å²) in [6.07, 6.45) is 6.38. The van der Waals surface area contributed by atoms with Crippen LogP contribution in [0.5, 0.6) is 11.5 Å². The summed E-state index contributed by atoms with van der Waals surface area (Å²) < 4.78 is 43.6. The first-order valence-corrected chi connectivity index (χ1v) is 17.1. The largest absolute Gasteiger partial charge is 0.456 e. The molecule has 0 saturated carbocycles. The van der Waals surface area contributed by atoms with Gasteiger partial charge in [-0.05, 0) is 60.2 Å². The second-order valence-electron chi connectivity index (χ2n) is 12.6. The quantitative estimate of drug-likeness (QED) is 0.192. The second kappa shape index (κ2) is 7.68. The lowest BCUT2D eigenvalue weighted by molar-refractivity contribution is -0.993. The number of ether oxygens (including phenoxy) is 1. The predicted octanol–water partition coefficient (Wildman–Crippen LogP) is 6.66. The molecule has 0 radical (unpaired) electrons. The van der Waals surface area contributed by atoms with Crippen molar-refractivity contribution >= 4 is 31.6 Å². The summed E-state index contributed by atoms with van der Waals surface area (Å²) >= 11 is 0. The van der Waals surface area contributed by atoms with Gasteiger partial charge in [0, 0.05) is 39.6 Å². The highest BCUT2D eigenvalue weighted by atomic mass is 32.2. The van der Waals surface area contributed by atoms with Gasteiger partial charge in [-0.15, -0.1) is 4.68 Å². The Hall–Kier alpha value is -5.99. The van der Waals surface area contributed by atoms with Crippen LogP contribution in [-0.4, -0.2) is 17.7 Å². The molecule has 7 heterocycles. The Kier molecular flexibility index (Phi) is 3.97. The van der Waals surface area contributed by atoms with Crippen molar-refractivity contribution in [2.45, 2.75) is 15.5 Å². The fraction of sp³-hybridized carbons (Fsp3) is 0.0256. The van der Waals surface area contributed by atoms with Crippen molar-refractivity contribution in [3.63, 3.8) is 0 Å². The summed E-state index contributed by atoms with van der Waals surface area (Å²) in [7, 11) is -3.64. The lowest BCUT2D eigenvalue weighted by atomic mass is 9.83. The van der Waals surface area contributed by atoms with E-state index in [0.29, 0.717) is 9.79 Å². The first-order chi connectivity index (χ1) is 23.1. The number of rotatable bonds is 1. The predicted molar refractivity (Wildman–Crippen MR) is 175 cm³/mol. The van der Waals surface area contributed by atoms with Crippen LogP contribution in [0.1, 0.15) is 11.1 Å². The van der Waals surface area contributed by atoms with E-state index in [9.17, 15) is 8.42 Å². The van der Waals surface area contributed by atoms with Crippen LogP contribution in [0.2, 0.25) is 0 Å². The molecule has 5 aromatic carbocycles. The van der Waals surface area contributed by atoms with Gasteiger partial charge in [0.2, 0.25) is 16.0 Å². The van der Waals surface area contributed by atoms with Crippen molar-refractivity contribution in [2.24, 2.45) is 0 Å². The van der Waals surface area contributed by atoms with E-state index in [0.717, 1.165) is 67.4 Å². The van der Waals surface area contributed by atoms with Gasteiger partial charge in [0.1, 0.15) is 22.7 Å². The molecule has 1 unspecified atom stereocenters. The number of aromatic nitrogens is 4. The van der Waals surface area contributed by atoms with Gasteiger partial charge < -0.3 is 4.74 Å². The van der Waals surface area contributed by atoms with E-state index in [1.54, 1.807) is 12.1 Å². The zero-order valence-electron chi connectivity index (χ0n) is 24.6. The third kappa shape index (κ3) is 2.50. The number of hydrogen-bond donors (Lipinski definition) is 0. The van der Waals surface area contributed by atoms with Crippen LogP contribution in [0.3, 0.4) is 0 Å². The SMILES string of the molecule is O=S1(=O)c2ccccc2-c2ccc(-c3ccc4c5c3-n3ccc[n+]3C53c5c(ccc6c7ccccc7n(c56)-c5cccc[n+]53)O4)cc21. The van der Waals surface area contributed by atoms with Crippen molar-refractivity contribution in [2.75, 3.05) is 0 Å². The van der Waals surface area contributed by atoms with Crippen molar-refractivity contribution in [3.8, 4) is 45.3 Å². The van der Waals surface area contributed by atoms with Crippen LogP contribution in [-0.2, 0) is 15.5 Å². The van der Waals surface area contributed by atoms with Gasteiger partial charge >= 0.3 is 5.66 Å². The first-order valence-electron chi connectivity index (χ1n) is 15.6. The van der Waals surface area contributed by atoms with Crippen LogP contribution in [0.25, 0.3) is 55.6 Å². The van der Waals surface area contributed by atoms with Gasteiger partial charge in [-0.1, -0.05) is 53.2 Å². The van der Waals surface area contributed by atoms with E-state index < -0.39 is 15.5 Å². The minimum absolute atomic E-state index is 0.347. The Morgan fingerprint density at radius 3 is 2.40 bits per heavy atom. The van der Waals surface area contributed by atoms with Crippen molar-refractivity contribution in [3.05, 3.63) is 145 Å². The monoisotopic (exact) mass is 626 g/mol. The molecular weight excluding hydrogens is 605 g/mol. The van der Waals surface area contributed by atoms with Crippen LogP contribution in [0.15, 0.2) is 144 Å². The van der Waals surface area contributed by atoms with Crippen LogP contribution in [0, 0.1) is 0 Å². The van der Waals surface area contributed by atoms with Crippen LogP contribution < -0.4 is 14.0 Å². The number of pyridine rings is 1. The molecule has 220 valence electrons. The highest BCUT2D eigenvalue weighted by Gasteiger charge is 2.68. The number of hydrogen-bond acceptors (Lipinski definition) is 3. The van der Waals surface area contributed by atoms with Crippen molar-refractivity contribution < 1.29 is 22.4 Å². The zero-order valence-corrected chi connectivity index (χ0v) is 25.4. The molecule has 3 aromatic heterocycles. The average molecular weight is 627 g/mol. The molecule has 8 heteroatoms. The Bertz CT molecular complexity index is 2920. The van der Waals surface area contributed by atoms with E-state index in [1.165, 1.54) is 10.8 Å². The highest BCUT2D eigenvalue weighted by Crippen LogP contribution is 2.56. The van der Waals surface area contributed by atoms with Crippen molar-refractivity contribution in [1.82, 2.24) is 9.25 Å². The molecule has 8 aromatic rings. The second-order valence-corrected chi connectivity index (χ2v) is 14.5. The summed E-state index contributed by atoms with van der Waals surface area (Å²) in [5.74, 6) is 2.65. The molecule has 4 aliphatic rings. The lowest BCUT2D eigenvalue weighted by Gasteiger charge is -2.32. The molecule has 0 N–H and O–H groups in total. The van der Waals surface area contributed by atoms with E-state index in [2.05, 4.69) is 104 Å². The molecule has 7 nitrogen and oxygen atoms in total. The normalized spacial score (nSPS) is 18.0. The number of para-hydroxylation sites is 1. The van der Waals surface area contributed by atoms with Gasteiger partial charge in [0.15, 0.2) is 16.6 Å². The van der Waals surface area contributed by atoms with Gasteiger partial charge in [0.25, 0.3) is 5.82 Å². The number of nitrogens with zero attached hydrogens (tertiary/aromatic N) is 4. The summed E-state index contributed by atoms with van der Waals surface area (Å²) in [5, 5.41) is 2.36. The molecular formula is C39H22N4O3S+2. The Morgan fingerprint density at radius 1 is 0.660 bits per heavy atom. The fourth-order valence-corrected chi connectivity index (χ4v) is 10.6. The van der Waals surface area contributed by atoms with E-state index >= 15 is 0 Å². The standard InChI is InChI=1S/C39H22N4O3S/c44-47(45)32-11-4-2-9-26(32)27-14-13-23(22-33(27)47)24-15-17-30-35-37(24)41-20-7-21-42(41)39(35)36-31(46-30)18-16-28-25-8-1-3-10-29(25)43(38(28)36)34-12-5-6-19-40(34)39/h1-22H/q+2.